The van der Waals surface area contributed by atoms with E-state index in [1.807, 2.05) is 11.8 Å². The number of ether oxygens (including phenoxy) is 1. The first-order valence-electron chi connectivity index (χ1n) is 6.78. The van der Waals surface area contributed by atoms with E-state index in [0.717, 1.165) is 51.0 Å². The lowest BCUT2D eigenvalue weighted by atomic mass is 9.81. The highest BCUT2D eigenvalue weighted by Gasteiger charge is 2.43. The van der Waals surface area contributed by atoms with Crippen LogP contribution in [0.2, 0.25) is 0 Å². The average molecular weight is 255 g/mol. The summed E-state index contributed by atoms with van der Waals surface area (Å²) in [5.74, 6) is 3.00. The summed E-state index contributed by atoms with van der Waals surface area (Å²) in [4.78, 5) is 12.4. The molecule has 3 unspecified atom stereocenters. The van der Waals surface area contributed by atoms with E-state index in [-0.39, 0.29) is 17.6 Å². The average Bonchev–Trinajstić information content (AvgIpc) is 3.00. The third-order valence-electron chi connectivity index (χ3n) is 4.37. The predicted molar refractivity (Wildman–Crippen MR) is 69.4 cm³/mol. The van der Waals surface area contributed by atoms with Gasteiger partial charge in [0, 0.05) is 18.3 Å². The second-order valence-corrected chi connectivity index (χ2v) is 6.68. The van der Waals surface area contributed by atoms with Gasteiger partial charge in [-0.1, -0.05) is 0 Å². The Kier molecular flexibility index (Phi) is 3.46. The minimum absolute atomic E-state index is 0.0435. The van der Waals surface area contributed by atoms with Crippen molar-refractivity contribution in [1.29, 1.82) is 0 Å². The second-order valence-electron chi connectivity index (χ2n) is 5.58. The summed E-state index contributed by atoms with van der Waals surface area (Å²) < 4.78 is 5.98. The fourth-order valence-electron chi connectivity index (χ4n) is 3.35. The van der Waals surface area contributed by atoms with E-state index < -0.39 is 0 Å². The Balaban J connectivity index is 1.64. The second kappa shape index (κ2) is 4.90. The van der Waals surface area contributed by atoms with Crippen LogP contribution in [-0.4, -0.2) is 42.1 Å². The molecule has 96 valence electrons. The number of hydrogen-bond donors (Lipinski definition) is 1. The van der Waals surface area contributed by atoms with Gasteiger partial charge in [-0.2, -0.15) is 11.8 Å². The Bertz CT molecular complexity index is 296. The van der Waals surface area contributed by atoms with Crippen LogP contribution in [0, 0.1) is 5.92 Å². The van der Waals surface area contributed by atoms with Gasteiger partial charge in [0.2, 0.25) is 0 Å². The number of nitrogens with one attached hydrogen (secondary N) is 1. The largest absolute Gasteiger partial charge is 0.374 e. The van der Waals surface area contributed by atoms with Gasteiger partial charge in [-0.15, -0.1) is 0 Å². The van der Waals surface area contributed by atoms with E-state index in [2.05, 4.69) is 5.32 Å². The lowest BCUT2D eigenvalue weighted by Crippen LogP contribution is -2.45. The molecule has 1 N–H and O–H groups in total. The monoisotopic (exact) mass is 255 g/mol. The Hall–Kier alpha value is -0.0600. The van der Waals surface area contributed by atoms with Crippen molar-refractivity contribution in [2.45, 2.75) is 43.7 Å². The van der Waals surface area contributed by atoms with Gasteiger partial charge in [0.1, 0.15) is 0 Å². The van der Waals surface area contributed by atoms with Crippen molar-refractivity contribution in [3.63, 3.8) is 0 Å². The number of carbonyl (C=O) groups is 1. The minimum Gasteiger partial charge on any atom is -0.374 e. The highest BCUT2D eigenvalue weighted by atomic mass is 32.2. The van der Waals surface area contributed by atoms with Gasteiger partial charge in [0.15, 0.2) is 5.78 Å². The quantitative estimate of drug-likeness (QED) is 0.813. The zero-order chi connectivity index (χ0) is 11.7. The molecule has 3 nitrogen and oxygen atoms in total. The molecule has 0 bridgehead atoms. The lowest BCUT2D eigenvalue weighted by molar-refractivity contribution is -0.135. The Morgan fingerprint density at radius 3 is 3.06 bits per heavy atom. The maximum Gasteiger partial charge on any atom is 0.153 e. The van der Waals surface area contributed by atoms with Crippen molar-refractivity contribution in [2.75, 3.05) is 24.7 Å². The van der Waals surface area contributed by atoms with Crippen LogP contribution in [0.25, 0.3) is 0 Å². The number of carbonyl (C=O) groups excluding carboxylic acids is 1. The Morgan fingerprint density at radius 2 is 2.35 bits per heavy atom. The normalized spacial score (nSPS) is 42.1. The molecule has 0 radical (unpaired) electrons. The molecule has 3 fully saturated rings. The van der Waals surface area contributed by atoms with Gasteiger partial charge >= 0.3 is 0 Å². The molecule has 17 heavy (non-hydrogen) atoms. The van der Waals surface area contributed by atoms with E-state index >= 15 is 0 Å². The van der Waals surface area contributed by atoms with E-state index in [0.29, 0.717) is 5.78 Å². The van der Waals surface area contributed by atoms with Crippen molar-refractivity contribution in [2.24, 2.45) is 5.92 Å². The minimum atomic E-state index is 0.0435. The predicted octanol–water partition coefficient (Wildman–Crippen LogP) is 1.61. The maximum absolute atomic E-state index is 12.4. The fraction of sp³-hybridized carbons (Fsp3) is 0.923. The highest BCUT2D eigenvalue weighted by molar-refractivity contribution is 7.99. The molecule has 3 saturated heterocycles. The van der Waals surface area contributed by atoms with E-state index in [9.17, 15) is 4.79 Å². The molecule has 4 heteroatoms. The summed E-state index contributed by atoms with van der Waals surface area (Å²) in [6, 6.07) is 0.143. The third kappa shape index (κ3) is 2.40. The molecule has 3 heterocycles. The zero-order valence-electron chi connectivity index (χ0n) is 10.2. The van der Waals surface area contributed by atoms with Crippen molar-refractivity contribution in [1.82, 2.24) is 5.32 Å². The van der Waals surface area contributed by atoms with Crippen LogP contribution < -0.4 is 5.32 Å². The summed E-state index contributed by atoms with van der Waals surface area (Å²) in [7, 11) is 0. The van der Waals surface area contributed by atoms with Gasteiger partial charge in [0.05, 0.1) is 11.6 Å². The van der Waals surface area contributed by atoms with Gasteiger partial charge in [-0.25, -0.2) is 0 Å². The van der Waals surface area contributed by atoms with Crippen molar-refractivity contribution >= 4 is 17.5 Å². The Labute approximate surface area is 107 Å². The number of ketones is 1. The van der Waals surface area contributed by atoms with E-state index in [4.69, 9.17) is 4.74 Å². The zero-order valence-corrected chi connectivity index (χ0v) is 11.1. The number of hydrogen-bond acceptors (Lipinski definition) is 4. The third-order valence-corrected chi connectivity index (χ3v) is 5.59. The van der Waals surface area contributed by atoms with E-state index in [1.165, 1.54) is 5.75 Å². The van der Waals surface area contributed by atoms with Crippen LogP contribution in [0.3, 0.4) is 0 Å². The van der Waals surface area contributed by atoms with Crippen molar-refractivity contribution < 1.29 is 9.53 Å². The van der Waals surface area contributed by atoms with Crippen LogP contribution in [0.4, 0.5) is 0 Å². The lowest BCUT2D eigenvalue weighted by Gasteiger charge is -2.37. The van der Waals surface area contributed by atoms with Crippen LogP contribution >= 0.6 is 11.8 Å². The summed E-state index contributed by atoms with van der Waals surface area (Å²) in [6.45, 7) is 1.80. The molecule has 3 aliphatic rings. The van der Waals surface area contributed by atoms with Crippen LogP contribution in [0.1, 0.15) is 32.1 Å². The summed E-state index contributed by atoms with van der Waals surface area (Å²) in [6.07, 6.45) is 5.23. The number of thioether (sulfide) groups is 1. The van der Waals surface area contributed by atoms with E-state index in [1.54, 1.807) is 0 Å². The number of Topliss-reactive ketones (excluding diaryl/α,β-unsaturated/α-hetero) is 1. The molecule has 0 saturated carbocycles. The molecule has 3 atom stereocenters. The molecular weight excluding hydrogens is 234 g/mol. The molecule has 0 aromatic rings. The van der Waals surface area contributed by atoms with Gasteiger partial charge in [-0.3, -0.25) is 4.79 Å². The van der Waals surface area contributed by atoms with Gasteiger partial charge in [-0.05, 0) is 44.4 Å². The Morgan fingerprint density at radius 1 is 1.41 bits per heavy atom. The molecule has 0 aromatic carbocycles. The van der Waals surface area contributed by atoms with Crippen LogP contribution in [-0.2, 0) is 9.53 Å². The highest BCUT2D eigenvalue weighted by Crippen LogP contribution is 2.41. The smallest absolute Gasteiger partial charge is 0.153 e. The maximum atomic E-state index is 12.4. The first-order chi connectivity index (χ1) is 8.29. The molecule has 0 aromatic heterocycles. The topological polar surface area (TPSA) is 38.3 Å². The first kappa shape index (κ1) is 12.0. The summed E-state index contributed by atoms with van der Waals surface area (Å²) in [5.41, 5.74) is 0.0435. The van der Waals surface area contributed by atoms with Gasteiger partial charge < -0.3 is 10.1 Å². The molecule has 3 aliphatic heterocycles. The first-order valence-corrected chi connectivity index (χ1v) is 7.93. The number of rotatable bonds is 2. The SMILES string of the molecule is O=C(C1CCOC2(CCSC2)C1)C1CCCN1. The molecular formula is C13H21NO2S. The van der Waals surface area contributed by atoms with Gasteiger partial charge in [0.25, 0.3) is 0 Å². The van der Waals surface area contributed by atoms with Crippen molar-refractivity contribution in [3.05, 3.63) is 0 Å². The fourth-order valence-corrected chi connectivity index (χ4v) is 4.72. The van der Waals surface area contributed by atoms with Crippen LogP contribution in [0.15, 0.2) is 0 Å². The summed E-state index contributed by atoms with van der Waals surface area (Å²) >= 11 is 1.97. The molecule has 3 rings (SSSR count). The van der Waals surface area contributed by atoms with Crippen LogP contribution in [0.5, 0.6) is 0 Å². The molecule has 1 spiro atoms. The molecule has 0 amide bonds. The van der Waals surface area contributed by atoms with Crippen molar-refractivity contribution in [3.8, 4) is 0 Å². The molecule has 0 aliphatic carbocycles. The standard InChI is InChI=1S/C13H21NO2S/c15-12(11-2-1-5-14-11)10-3-6-16-13(8-10)4-7-17-9-13/h10-11,14H,1-9H2. The summed E-state index contributed by atoms with van der Waals surface area (Å²) in [5, 5.41) is 3.34.